The number of nitrogens with one attached hydrogen (secondary N) is 1. The highest BCUT2D eigenvalue weighted by molar-refractivity contribution is 5.78. The summed E-state index contributed by atoms with van der Waals surface area (Å²) in [6, 6.07) is 0.388. The summed E-state index contributed by atoms with van der Waals surface area (Å²) in [6.07, 6.45) is 5.16. The van der Waals surface area contributed by atoms with Gasteiger partial charge in [0.05, 0.1) is 12.2 Å². The highest BCUT2D eigenvalue weighted by atomic mass is 16.5. The first-order valence-corrected chi connectivity index (χ1v) is 7.73. The van der Waals surface area contributed by atoms with Crippen LogP contribution in [-0.4, -0.2) is 48.7 Å². The summed E-state index contributed by atoms with van der Waals surface area (Å²) in [5.74, 6) is 0.536. The van der Waals surface area contributed by atoms with Crippen LogP contribution in [0.25, 0.3) is 0 Å². The van der Waals surface area contributed by atoms with Gasteiger partial charge in [0.1, 0.15) is 0 Å². The molecule has 0 spiro atoms. The predicted octanol–water partition coefficient (Wildman–Crippen LogP) is 1.79. The van der Waals surface area contributed by atoms with Gasteiger partial charge in [-0.15, -0.1) is 0 Å². The van der Waals surface area contributed by atoms with E-state index in [1.807, 2.05) is 0 Å². The molecule has 0 unspecified atom stereocenters. The van der Waals surface area contributed by atoms with Gasteiger partial charge < -0.3 is 10.1 Å². The summed E-state index contributed by atoms with van der Waals surface area (Å²) in [6.45, 7) is 9.11. The second-order valence-electron chi connectivity index (χ2n) is 6.29. The molecule has 2 aliphatic rings. The average molecular weight is 268 g/mol. The smallest absolute Gasteiger partial charge is 0.223 e. The first-order chi connectivity index (χ1) is 9.06. The van der Waals surface area contributed by atoms with Crippen LogP contribution in [-0.2, 0) is 9.53 Å². The summed E-state index contributed by atoms with van der Waals surface area (Å²) in [5, 5.41) is 3.13. The SMILES string of the molecule is C[C@@H]1CN([C@@H](C)CNC(=O)C2CCCC2)C[C@H](C)O1. The molecule has 1 amide bonds. The second-order valence-corrected chi connectivity index (χ2v) is 6.29. The molecule has 1 aliphatic carbocycles. The number of nitrogens with zero attached hydrogens (tertiary/aromatic N) is 1. The van der Waals surface area contributed by atoms with Gasteiger partial charge in [-0.05, 0) is 33.6 Å². The van der Waals surface area contributed by atoms with Gasteiger partial charge in [-0.1, -0.05) is 12.8 Å². The summed E-state index contributed by atoms with van der Waals surface area (Å²) in [4.78, 5) is 14.4. The molecule has 4 nitrogen and oxygen atoms in total. The quantitative estimate of drug-likeness (QED) is 0.845. The molecule has 1 N–H and O–H groups in total. The van der Waals surface area contributed by atoms with Gasteiger partial charge in [0.25, 0.3) is 0 Å². The lowest BCUT2D eigenvalue weighted by molar-refractivity contribution is -0.125. The molecule has 0 aromatic carbocycles. The van der Waals surface area contributed by atoms with Crippen molar-refractivity contribution in [2.24, 2.45) is 5.92 Å². The van der Waals surface area contributed by atoms with Gasteiger partial charge >= 0.3 is 0 Å². The first kappa shape index (κ1) is 14.8. The van der Waals surface area contributed by atoms with E-state index in [2.05, 4.69) is 31.0 Å². The lowest BCUT2D eigenvalue weighted by Crippen LogP contribution is -2.52. The fourth-order valence-electron chi connectivity index (χ4n) is 3.29. The number of amides is 1. The van der Waals surface area contributed by atoms with Crippen molar-refractivity contribution in [2.45, 2.75) is 64.7 Å². The van der Waals surface area contributed by atoms with Crippen LogP contribution in [0.3, 0.4) is 0 Å². The highest BCUT2D eigenvalue weighted by Gasteiger charge is 2.27. The van der Waals surface area contributed by atoms with E-state index >= 15 is 0 Å². The molecule has 1 saturated carbocycles. The zero-order chi connectivity index (χ0) is 13.8. The lowest BCUT2D eigenvalue weighted by Gasteiger charge is -2.39. The predicted molar refractivity (Wildman–Crippen MR) is 76.0 cm³/mol. The molecule has 4 heteroatoms. The van der Waals surface area contributed by atoms with Gasteiger partial charge in [0.15, 0.2) is 0 Å². The van der Waals surface area contributed by atoms with Gasteiger partial charge in [-0.25, -0.2) is 0 Å². The Bertz CT molecular complexity index is 293. The van der Waals surface area contributed by atoms with Crippen molar-refractivity contribution in [1.82, 2.24) is 10.2 Å². The number of morpholine rings is 1. The van der Waals surface area contributed by atoms with Crippen molar-refractivity contribution in [3.63, 3.8) is 0 Å². The maximum absolute atomic E-state index is 12.0. The van der Waals surface area contributed by atoms with Crippen LogP contribution in [0.2, 0.25) is 0 Å². The number of carbonyl (C=O) groups is 1. The Balaban J connectivity index is 1.74. The van der Waals surface area contributed by atoms with E-state index in [-0.39, 0.29) is 24.0 Å². The molecular weight excluding hydrogens is 240 g/mol. The number of ether oxygens (including phenoxy) is 1. The second kappa shape index (κ2) is 6.71. The average Bonchev–Trinajstić information content (AvgIpc) is 2.88. The molecule has 1 heterocycles. The van der Waals surface area contributed by atoms with Crippen LogP contribution in [0.4, 0.5) is 0 Å². The standard InChI is InChI=1S/C15H28N2O2/c1-11(17-9-12(2)19-13(3)10-17)8-16-15(18)14-6-4-5-7-14/h11-14H,4-10H2,1-3H3,(H,16,18)/t11-,12-,13+/m0/s1. The molecule has 0 aromatic heterocycles. The summed E-state index contributed by atoms with van der Waals surface area (Å²) in [5.41, 5.74) is 0. The molecule has 2 fully saturated rings. The van der Waals surface area contributed by atoms with Crippen LogP contribution >= 0.6 is 0 Å². The maximum atomic E-state index is 12.0. The Labute approximate surface area is 116 Å². The molecule has 0 bridgehead atoms. The monoisotopic (exact) mass is 268 g/mol. The van der Waals surface area contributed by atoms with Crippen LogP contribution in [0.1, 0.15) is 46.5 Å². The fourth-order valence-corrected chi connectivity index (χ4v) is 3.29. The van der Waals surface area contributed by atoms with E-state index in [0.717, 1.165) is 32.5 Å². The van der Waals surface area contributed by atoms with E-state index in [1.54, 1.807) is 0 Å². The van der Waals surface area contributed by atoms with Gasteiger partial charge in [-0.3, -0.25) is 9.69 Å². The van der Waals surface area contributed by atoms with Crippen molar-refractivity contribution in [3.05, 3.63) is 0 Å². The van der Waals surface area contributed by atoms with Crippen molar-refractivity contribution in [3.8, 4) is 0 Å². The summed E-state index contributed by atoms with van der Waals surface area (Å²) in [7, 11) is 0. The molecule has 2 rings (SSSR count). The maximum Gasteiger partial charge on any atom is 0.223 e. The third-order valence-corrected chi connectivity index (χ3v) is 4.37. The van der Waals surface area contributed by atoms with Crippen LogP contribution < -0.4 is 5.32 Å². The molecule has 0 radical (unpaired) electrons. The highest BCUT2D eigenvalue weighted by Crippen LogP contribution is 2.24. The molecule has 3 atom stereocenters. The number of hydrogen-bond acceptors (Lipinski definition) is 3. The number of hydrogen-bond donors (Lipinski definition) is 1. The minimum atomic E-state index is 0.263. The summed E-state index contributed by atoms with van der Waals surface area (Å²) >= 11 is 0. The molecular formula is C15H28N2O2. The van der Waals surface area contributed by atoms with Gasteiger partial charge in [0.2, 0.25) is 5.91 Å². The van der Waals surface area contributed by atoms with Gasteiger partial charge in [0, 0.05) is 31.6 Å². The Morgan fingerprint density at radius 1 is 1.26 bits per heavy atom. The molecule has 19 heavy (non-hydrogen) atoms. The van der Waals surface area contributed by atoms with Crippen LogP contribution in [0.5, 0.6) is 0 Å². The van der Waals surface area contributed by atoms with E-state index in [0.29, 0.717) is 6.04 Å². The van der Waals surface area contributed by atoms with Crippen molar-refractivity contribution in [1.29, 1.82) is 0 Å². The van der Waals surface area contributed by atoms with E-state index in [4.69, 9.17) is 4.74 Å². The fraction of sp³-hybridized carbons (Fsp3) is 0.933. The van der Waals surface area contributed by atoms with E-state index in [1.165, 1.54) is 12.8 Å². The molecule has 0 aromatic rings. The van der Waals surface area contributed by atoms with Crippen LogP contribution in [0.15, 0.2) is 0 Å². The zero-order valence-corrected chi connectivity index (χ0v) is 12.5. The molecule has 110 valence electrons. The van der Waals surface area contributed by atoms with E-state index in [9.17, 15) is 4.79 Å². The van der Waals surface area contributed by atoms with E-state index < -0.39 is 0 Å². The van der Waals surface area contributed by atoms with Gasteiger partial charge in [-0.2, -0.15) is 0 Å². The van der Waals surface area contributed by atoms with Crippen molar-refractivity contribution >= 4 is 5.91 Å². The largest absolute Gasteiger partial charge is 0.373 e. The number of rotatable bonds is 4. The lowest BCUT2D eigenvalue weighted by atomic mass is 10.1. The van der Waals surface area contributed by atoms with Crippen molar-refractivity contribution in [2.75, 3.05) is 19.6 Å². The third-order valence-electron chi connectivity index (χ3n) is 4.37. The topological polar surface area (TPSA) is 41.6 Å². The zero-order valence-electron chi connectivity index (χ0n) is 12.5. The Morgan fingerprint density at radius 2 is 1.84 bits per heavy atom. The van der Waals surface area contributed by atoms with Crippen molar-refractivity contribution < 1.29 is 9.53 Å². The Hall–Kier alpha value is -0.610. The summed E-state index contributed by atoms with van der Waals surface area (Å²) < 4.78 is 5.74. The Kier molecular flexibility index (Phi) is 5.22. The normalized spacial score (nSPS) is 31.3. The molecule has 1 saturated heterocycles. The number of carbonyl (C=O) groups excluding carboxylic acids is 1. The van der Waals surface area contributed by atoms with Crippen LogP contribution in [0, 0.1) is 5.92 Å². The minimum absolute atomic E-state index is 0.263. The third kappa shape index (κ3) is 4.18. The Morgan fingerprint density at radius 3 is 2.42 bits per heavy atom. The minimum Gasteiger partial charge on any atom is -0.373 e. The molecule has 1 aliphatic heterocycles. The first-order valence-electron chi connectivity index (χ1n) is 7.73.